The molecular weight excluding hydrogens is 234 g/mol. The van der Waals surface area contributed by atoms with Crippen molar-refractivity contribution in [3.05, 3.63) is 27.4 Å². The molecule has 0 atom stereocenters. The molecule has 0 saturated heterocycles. The highest BCUT2D eigenvalue weighted by molar-refractivity contribution is 7.15. The Morgan fingerprint density at radius 3 is 3.00 bits per heavy atom. The highest BCUT2D eigenvalue weighted by atomic mass is 35.5. The standard InChI is InChI=1S/C10H10ClNS2/c1-7-12-10(8-3-2-6-13-8)9(14-7)4-5-11/h2-3,6H,4-5H2,1H3. The Morgan fingerprint density at radius 1 is 1.50 bits per heavy atom. The molecule has 0 amide bonds. The van der Waals surface area contributed by atoms with Crippen LogP contribution < -0.4 is 0 Å². The topological polar surface area (TPSA) is 12.9 Å². The highest BCUT2D eigenvalue weighted by Gasteiger charge is 2.10. The van der Waals surface area contributed by atoms with Crippen molar-refractivity contribution < 1.29 is 0 Å². The van der Waals surface area contributed by atoms with E-state index in [0.29, 0.717) is 5.88 Å². The first kappa shape index (κ1) is 10.1. The average molecular weight is 244 g/mol. The van der Waals surface area contributed by atoms with E-state index in [1.165, 1.54) is 9.75 Å². The predicted octanol–water partition coefficient (Wildman–Crippen LogP) is 3.96. The van der Waals surface area contributed by atoms with Gasteiger partial charge in [-0.05, 0) is 24.8 Å². The van der Waals surface area contributed by atoms with Crippen molar-refractivity contribution in [2.24, 2.45) is 0 Å². The van der Waals surface area contributed by atoms with Crippen LogP contribution in [0.2, 0.25) is 0 Å². The number of hydrogen-bond acceptors (Lipinski definition) is 3. The molecular formula is C10H10ClNS2. The first-order valence-electron chi connectivity index (χ1n) is 4.37. The maximum Gasteiger partial charge on any atom is 0.0946 e. The first-order valence-corrected chi connectivity index (χ1v) is 6.60. The number of thiazole rings is 1. The van der Waals surface area contributed by atoms with Crippen molar-refractivity contribution in [3.8, 4) is 10.6 Å². The molecule has 0 unspecified atom stereocenters. The number of alkyl halides is 1. The molecule has 4 heteroatoms. The number of halogens is 1. The number of rotatable bonds is 3. The zero-order valence-corrected chi connectivity index (χ0v) is 10.2. The van der Waals surface area contributed by atoms with Gasteiger partial charge < -0.3 is 0 Å². The van der Waals surface area contributed by atoms with Gasteiger partial charge in [0.1, 0.15) is 0 Å². The smallest absolute Gasteiger partial charge is 0.0946 e. The van der Waals surface area contributed by atoms with Crippen LogP contribution in [0, 0.1) is 6.92 Å². The highest BCUT2D eigenvalue weighted by Crippen LogP contribution is 2.31. The Kier molecular flexibility index (Phi) is 3.21. The van der Waals surface area contributed by atoms with E-state index in [2.05, 4.69) is 22.5 Å². The van der Waals surface area contributed by atoms with Crippen LogP contribution in [0.4, 0.5) is 0 Å². The third-order valence-electron chi connectivity index (χ3n) is 1.88. The van der Waals surface area contributed by atoms with Gasteiger partial charge in [0.05, 0.1) is 15.6 Å². The fourth-order valence-electron chi connectivity index (χ4n) is 1.33. The Hall–Kier alpha value is -0.380. The van der Waals surface area contributed by atoms with E-state index in [-0.39, 0.29) is 0 Å². The molecule has 0 aliphatic rings. The van der Waals surface area contributed by atoms with E-state index >= 15 is 0 Å². The van der Waals surface area contributed by atoms with E-state index in [0.717, 1.165) is 17.1 Å². The molecule has 0 saturated carbocycles. The van der Waals surface area contributed by atoms with E-state index in [9.17, 15) is 0 Å². The minimum Gasteiger partial charge on any atom is -0.240 e. The zero-order chi connectivity index (χ0) is 9.97. The summed E-state index contributed by atoms with van der Waals surface area (Å²) in [7, 11) is 0. The number of aromatic nitrogens is 1. The van der Waals surface area contributed by atoms with Crippen molar-refractivity contribution in [3.63, 3.8) is 0 Å². The maximum absolute atomic E-state index is 5.76. The summed E-state index contributed by atoms with van der Waals surface area (Å²) in [6.07, 6.45) is 0.917. The third-order valence-corrected chi connectivity index (χ3v) is 3.98. The second-order valence-electron chi connectivity index (χ2n) is 2.92. The zero-order valence-electron chi connectivity index (χ0n) is 7.79. The lowest BCUT2D eigenvalue weighted by atomic mass is 10.2. The van der Waals surface area contributed by atoms with Gasteiger partial charge in [0, 0.05) is 10.8 Å². The number of aryl methyl sites for hydroxylation is 2. The summed E-state index contributed by atoms with van der Waals surface area (Å²) >= 11 is 9.24. The summed E-state index contributed by atoms with van der Waals surface area (Å²) < 4.78 is 0. The Bertz CT molecular complexity index is 406. The van der Waals surface area contributed by atoms with Crippen LogP contribution >= 0.6 is 34.3 Å². The number of nitrogens with zero attached hydrogens (tertiary/aromatic N) is 1. The molecule has 0 fully saturated rings. The lowest BCUT2D eigenvalue weighted by molar-refractivity contribution is 1.18. The Balaban J connectivity index is 2.41. The van der Waals surface area contributed by atoms with E-state index in [1.54, 1.807) is 22.7 Å². The van der Waals surface area contributed by atoms with Crippen LogP contribution in [0.5, 0.6) is 0 Å². The van der Waals surface area contributed by atoms with Gasteiger partial charge in [0.15, 0.2) is 0 Å². The van der Waals surface area contributed by atoms with Crippen LogP contribution in [0.3, 0.4) is 0 Å². The minimum atomic E-state index is 0.667. The molecule has 2 rings (SSSR count). The lowest BCUT2D eigenvalue weighted by Gasteiger charge is -1.95. The van der Waals surface area contributed by atoms with Gasteiger partial charge in [-0.1, -0.05) is 6.07 Å². The second kappa shape index (κ2) is 4.43. The van der Waals surface area contributed by atoms with Crippen molar-refractivity contribution in [1.29, 1.82) is 0 Å². The molecule has 2 aromatic heterocycles. The Labute approximate surface area is 96.4 Å². The maximum atomic E-state index is 5.76. The quantitative estimate of drug-likeness (QED) is 0.744. The SMILES string of the molecule is Cc1nc(-c2cccs2)c(CCCl)s1. The van der Waals surface area contributed by atoms with Crippen LogP contribution in [0.1, 0.15) is 9.88 Å². The molecule has 0 N–H and O–H groups in total. The van der Waals surface area contributed by atoms with Gasteiger partial charge in [-0.2, -0.15) is 0 Å². The summed E-state index contributed by atoms with van der Waals surface area (Å²) in [5, 5.41) is 3.20. The molecule has 0 aromatic carbocycles. The largest absolute Gasteiger partial charge is 0.240 e. The van der Waals surface area contributed by atoms with Crippen LogP contribution in [0.15, 0.2) is 17.5 Å². The molecule has 0 radical (unpaired) electrons. The third kappa shape index (κ3) is 2.00. The molecule has 0 bridgehead atoms. The second-order valence-corrected chi connectivity index (χ2v) is 5.53. The van der Waals surface area contributed by atoms with Crippen molar-refractivity contribution in [2.45, 2.75) is 13.3 Å². The number of thiophene rings is 1. The summed E-state index contributed by atoms with van der Waals surface area (Å²) in [4.78, 5) is 7.09. The monoisotopic (exact) mass is 243 g/mol. The summed E-state index contributed by atoms with van der Waals surface area (Å²) in [6.45, 7) is 2.04. The molecule has 14 heavy (non-hydrogen) atoms. The van der Waals surface area contributed by atoms with Gasteiger partial charge in [0.2, 0.25) is 0 Å². The minimum absolute atomic E-state index is 0.667. The van der Waals surface area contributed by atoms with Crippen LogP contribution in [0.25, 0.3) is 10.6 Å². The molecule has 74 valence electrons. The van der Waals surface area contributed by atoms with E-state index in [4.69, 9.17) is 11.6 Å². The van der Waals surface area contributed by atoms with Crippen molar-refractivity contribution in [1.82, 2.24) is 4.98 Å². The molecule has 1 nitrogen and oxygen atoms in total. The number of hydrogen-bond donors (Lipinski definition) is 0. The van der Waals surface area contributed by atoms with Gasteiger partial charge in [-0.15, -0.1) is 34.3 Å². The van der Waals surface area contributed by atoms with Gasteiger partial charge in [-0.25, -0.2) is 4.98 Å². The van der Waals surface area contributed by atoms with Gasteiger partial charge in [-0.3, -0.25) is 0 Å². The molecule has 2 heterocycles. The van der Waals surface area contributed by atoms with Crippen LogP contribution in [-0.2, 0) is 6.42 Å². The van der Waals surface area contributed by atoms with Gasteiger partial charge >= 0.3 is 0 Å². The molecule has 0 aliphatic carbocycles. The summed E-state index contributed by atoms with van der Waals surface area (Å²) in [6, 6.07) is 4.16. The molecule has 0 aliphatic heterocycles. The average Bonchev–Trinajstić information content (AvgIpc) is 2.74. The lowest BCUT2D eigenvalue weighted by Crippen LogP contribution is -1.84. The predicted molar refractivity (Wildman–Crippen MR) is 64.6 cm³/mol. The first-order chi connectivity index (χ1) is 6.81. The Morgan fingerprint density at radius 2 is 2.36 bits per heavy atom. The summed E-state index contributed by atoms with van der Waals surface area (Å²) in [5.41, 5.74) is 1.13. The van der Waals surface area contributed by atoms with E-state index in [1.807, 2.05) is 6.92 Å². The van der Waals surface area contributed by atoms with Crippen molar-refractivity contribution in [2.75, 3.05) is 5.88 Å². The molecule has 2 aromatic rings. The summed E-state index contributed by atoms with van der Waals surface area (Å²) in [5.74, 6) is 0.667. The fourth-order valence-corrected chi connectivity index (χ4v) is 3.39. The van der Waals surface area contributed by atoms with Crippen LogP contribution in [-0.4, -0.2) is 10.9 Å². The van der Waals surface area contributed by atoms with Gasteiger partial charge in [0.25, 0.3) is 0 Å². The fraction of sp³-hybridized carbons (Fsp3) is 0.300. The normalized spacial score (nSPS) is 10.7. The van der Waals surface area contributed by atoms with Crippen molar-refractivity contribution >= 4 is 34.3 Å². The van der Waals surface area contributed by atoms with E-state index < -0.39 is 0 Å². The molecule has 0 spiro atoms.